The Morgan fingerprint density at radius 1 is 1.14 bits per heavy atom. The number of aliphatic hydroxyl groups excluding tert-OH is 2. The number of unbranched alkanes of at least 4 members (excludes halogenated alkanes) is 5. The number of carboxylic acid groups (broad SMARTS) is 1. The lowest BCUT2D eigenvalue weighted by atomic mass is 9.84. The van der Waals surface area contributed by atoms with E-state index >= 15 is 0 Å². The van der Waals surface area contributed by atoms with Crippen LogP contribution in [0.2, 0.25) is 0 Å². The molecule has 4 atom stereocenters. The summed E-state index contributed by atoms with van der Waals surface area (Å²) in [5.41, 5.74) is 0. The molecular weight excluding hydrogens is 370 g/mol. The number of carbonyl (C=O) groups excluding carboxylic acids is 1. The molecule has 3 N–H and O–H groups in total. The average molecular weight is 407 g/mol. The highest BCUT2D eigenvalue weighted by Crippen LogP contribution is 2.38. The fraction of sp³-hybridized carbons (Fsp3) is 0.905. The Balaban J connectivity index is 2.40. The summed E-state index contributed by atoms with van der Waals surface area (Å²) >= 11 is 0. The molecule has 0 amide bonds. The van der Waals surface area contributed by atoms with Crippen molar-refractivity contribution in [1.82, 2.24) is 0 Å². The maximum absolute atomic E-state index is 13.9. The van der Waals surface area contributed by atoms with Crippen LogP contribution in [0.15, 0.2) is 0 Å². The summed E-state index contributed by atoms with van der Waals surface area (Å²) in [5, 5.41) is 28.6. The van der Waals surface area contributed by atoms with Gasteiger partial charge in [-0.3, -0.25) is 9.59 Å². The van der Waals surface area contributed by atoms with Gasteiger partial charge in [-0.2, -0.15) is 0 Å². The van der Waals surface area contributed by atoms with Crippen LogP contribution in [-0.2, 0) is 9.59 Å². The zero-order chi connectivity index (χ0) is 21.2. The van der Waals surface area contributed by atoms with Gasteiger partial charge in [-0.05, 0) is 38.0 Å². The molecule has 0 spiro atoms. The lowest BCUT2D eigenvalue weighted by Gasteiger charge is -2.26. The Kier molecular flexibility index (Phi) is 11.1. The predicted octanol–water partition coefficient (Wildman–Crippen LogP) is 4.33. The summed E-state index contributed by atoms with van der Waals surface area (Å²) in [4.78, 5) is 22.6. The maximum Gasteiger partial charge on any atom is 0.303 e. The molecule has 1 rings (SSSR count). The Bertz CT molecular complexity index is 483. The van der Waals surface area contributed by atoms with Crippen molar-refractivity contribution in [3.63, 3.8) is 0 Å². The van der Waals surface area contributed by atoms with Crippen molar-refractivity contribution in [3.8, 4) is 0 Å². The number of Topliss-reactive ketones (excluding diaryl/α,β-unsaturated/α-hetero) is 1. The maximum atomic E-state index is 13.9. The van der Waals surface area contributed by atoms with Crippen LogP contribution >= 0.6 is 0 Å². The van der Waals surface area contributed by atoms with E-state index in [1.807, 2.05) is 6.92 Å². The zero-order valence-electron chi connectivity index (χ0n) is 16.9. The molecule has 28 heavy (non-hydrogen) atoms. The van der Waals surface area contributed by atoms with Gasteiger partial charge in [-0.1, -0.05) is 39.0 Å². The van der Waals surface area contributed by atoms with Gasteiger partial charge in [-0.15, -0.1) is 0 Å². The van der Waals surface area contributed by atoms with Crippen molar-refractivity contribution in [1.29, 1.82) is 0 Å². The molecule has 7 heteroatoms. The molecule has 5 nitrogen and oxygen atoms in total. The normalized spacial score (nSPS) is 23.9. The van der Waals surface area contributed by atoms with E-state index in [-0.39, 0.29) is 49.7 Å². The number of aliphatic carboxylic acids is 1. The first-order chi connectivity index (χ1) is 13.2. The van der Waals surface area contributed by atoms with Crippen molar-refractivity contribution in [2.24, 2.45) is 11.8 Å². The van der Waals surface area contributed by atoms with Gasteiger partial charge in [0.1, 0.15) is 11.9 Å². The standard InChI is InChI=1S/C21H36F2O5/c1-2-3-13-21(22,23)19(26)12-11-16-15(17(24)14-18(16)25)9-7-5-4-6-8-10-20(27)28/h15-16,18-19,25-26H,2-14H2,1H3,(H,27,28)/t15-,16-,18-,19?/m1/s1. The summed E-state index contributed by atoms with van der Waals surface area (Å²) in [5.74, 6) is -4.64. The van der Waals surface area contributed by atoms with Crippen LogP contribution in [0.25, 0.3) is 0 Å². The Morgan fingerprint density at radius 3 is 2.43 bits per heavy atom. The zero-order valence-corrected chi connectivity index (χ0v) is 16.9. The number of hydrogen-bond donors (Lipinski definition) is 3. The van der Waals surface area contributed by atoms with Gasteiger partial charge in [0.2, 0.25) is 0 Å². The second-order valence-electron chi connectivity index (χ2n) is 8.17. The molecule has 0 aromatic carbocycles. The van der Waals surface area contributed by atoms with Crippen molar-refractivity contribution < 1.29 is 33.7 Å². The number of carboxylic acids is 1. The highest BCUT2D eigenvalue weighted by Gasteiger charge is 2.43. The second kappa shape index (κ2) is 12.5. The molecule has 1 fully saturated rings. The molecule has 1 aliphatic carbocycles. The summed E-state index contributed by atoms with van der Waals surface area (Å²) in [6, 6.07) is 0. The number of ketones is 1. The molecule has 1 aliphatic rings. The van der Waals surface area contributed by atoms with E-state index in [4.69, 9.17) is 5.11 Å². The van der Waals surface area contributed by atoms with E-state index in [0.717, 1.165) is 25.7 Å². The number of halogens is 2. The van der Waals surface area contributed by atoms with Crippen LogP contribution in [0.1, 0.15) is 90.4 Å². The van der Waals surface area contributed by atoms with E-state index < -0.39 is 24.1 Å². The third-order valence-electron chi connectivity index (χ3n) is 5.87. The van der Waals surface area contributed by atoms with Crippen molar-refractivity contribution in [2.45, 2.75) is 109 Å². The minimum Gasteiger partial charge on any atom is -0.481 e. The van der Waals surface area contributed by atoms with Gasteiger partial charge >= 0.3 is 5.97 Å². The number of aliphatic hydroxyl groups is 2. The first-order valence-electron chi connectivity index (χ1n) is 10.7. The van der Waals surface area contributed by atoms with Gasteiger partial charge in [-0.25, -0.2) is 8.78 Å². The molecule has 0 saturated heterocycles. The topological polar surface area (TPSA) is 94.8 Å². The highest BCUT2D eigenvalue weighted by atomic mass is 19.3. The van der Waals surface area contributed by atoms with Crippen molar-refractivity contribution in [3.05, 3.63) is 0 Å². The summed E-state index contributed by atoms with van der Waals surface area (Å²) in [6.45, 7) is 1.82. The highest BCUT2D eigenvalue weighted by molar-refractivity contribution is 5.84. The predicted molar refractivity (Wildman–Crippen MR) is 102 cm³/mol. The van der Waals surface area contributed by atoms with Gasteiger partial charge in [0.05, 0.1) is 6.10 Å². The van der Waals surface area contributed by atoms with Crippen LogP contribution < -0.4 is 0 Å². The third kappa shape index (κ3) is 8.52. The minimum atomic E-state index is -3.13. The van der Waals surface area contributed by atoms with Gasteiger partial charge < -0.3 is 15.3 Å². The Morgan fingerprint density at radius 2 is 1.79 bits per heavy atom. The van der Waals surface area contributed by atoms with Crippen molar-refractivity contribution >= 4 is 11.8 Å². The minimum absolute atomic E-state index is 0.0180. The van der Waals surface area contributed by atoms with Crippen LogP contribution in [0.5, 0.6) is 0 Å². The molecule has 0 aromatic heterocycles. The molecule has 1 unspecified atom stereocenters. The Hall–Kier alpha value is -1.08. The molecule has 0 radical (unpaired) electrons. The largest absolute Gasteiger partial charge is 0.481 e. The first-order valence-corrected chi connectivity index (χ1v) is 10.7. The summed E-state index contributed by atoms with van der Waals surface area (Å²) < 4.78 is 27.9. The van der Waals surface area contributed by atoms with Gasteiger partial charge in [0.15, 0.2) is 0 Å². The molecule has 1 saturated carbocycles. The molecule has 0 bridgehead atoms. The fourth-order valence-electron chi connectivity index (χ4n) is 4.10. The molecule has 0 heterocycles. The second-order valence-corrected chi connectivity index (χ2v) is 8.17. The van der Waals surface area contributed by atoms with E-state index in [1.165, 1.54) is 0 Å². The van der Waals surface area contributed by atoms with Crippen LogP contribution in [0.3, 0.4) is 0 Å². The molecule has 0 aromatic rings. The number of hydrogen-bond acceptors (Lipinski definition) is 4. The van der Waals surface area contributed by atoms with Crippen LogP contribution in [-0.4, -0.2) is 45.2 Å². The SMILES string of the molecule is CCCCC(F)(F)C(O)CC[C@H]1[C@H](O)CC(=O)[C@@H]1CCCCCCCC(=O)O. The van der Waals surface area contributed by atoms with Crippen LogP contribution in [0, 0.1) is 11.8 Å². The lowest BCUT2D eigenvalue weighted by molar-refractivity contribution is -0.137. The van der Waals surface area contributed by atoms with Gasteiger partial charge in [0.25, 0.3) is 5.92 Å². The molecule has 164 valence electrons. The molecular formula is C21H36F2O5. The van der Waals surface area contributed by atoms with Gasteiger partial charge in [0, 0.05) is 25.2 Å². The van der Waals surface area contributed by atoms with E-state index in [9.17, 15) is 28.6 Å². The average Bonchev–Trinajstić information content (AvgIpc) is 2.89. The summed E-state index contributed by atoms with van der Waals surface area (Å²) in [6.07, 6.45) is 3.08. The quantitative estimate of drug-likeness (QED) is 0.352. The van der Waals surface area contributed by atoms with Crippen LogP contribution in [0.4, 0.5) is 8.78 Å². The van der Waals surface area contributed by atoms with E-state index in [1.54, 1.807) is 0 Å². The number of alkyl halides is 2. The monoisotopic (exact) mass is 406 g/mol. The van der Waals surface area contributed by atoms with E-state index in [0.29, 0.717) is 25.7 Å². The number of rotatable bonds is 15. The third-order valence-corrected chi connectivity index (χ3v) is 5.87. The smallest absolute Gasteiger partial charge is 0.303 e. The summed E-state index contributed by atoms with van der Waals surface area (Å²) in [7, 11) is 0. The van der Waals surface area contributed by atoms with E-state index in [2.05, 4.69) is 0 Å². The van der Waals surface area contributed by atoms with Crippen molar-refractivity contribution in [2.75, 3.05) is 0 Å². The molecule has 0 aliphatic heterocycles. The Labute approximate surface area is 166 Å². The number of carbonyl (C=O) groups is 2. The fourth-order valence-corrected chi connectivity index (χ4v) is 4.10. The first kappa shape index (κ1) is 25.0. The lowest BCUT2D eigenvalue weighted by Crippen LogP contribution is -2.34.